The second kappa shape index (κ2) is 3.77. The van der Waals surface area contributed by atoms with E-state index in [0.717, 1.165) is 0 Å². The number of nitrogens with two attached hydrogens (primary N) is 1. The van der Waals surface area contributed by atoms with E-state index in [1.54, 1.807) is 11.7 Å². The Kier molecular flexibility index (Phi) is 2.46. The maximum atomic E-state index is 5.52. The normalized spacial score (nSPS) is 13.0. The Labute approximate surface area is 86.7 Å². The van der Waals surface area contributed by atoms with Gasteiger partial charge in [-0.2, -0.15) is 0 Å². The first kappa shape index (κ1) is 9.78. The van der Waals surface area contributed by atoms with Gasteiger partial charge in [-0.25, -0.2) is 14.6 Å². The molecule has 2 aromatic heterocycles. The number of aromatic nitrogens is 5. The van der Waals surface area contributed by atoms with Crippen LogP contribution in [0.4, 0.5) is 5.82 Å². The largest absolute Gasteiger partial charge is 0.364 e. The van der Waals surface area contributed by atoms with Crippen LogP contribution >= 0.6 is 0 Å². The number of nitrogens with one attached hydrogen (secondary N) is 1. The van der Waals surface area contributed by atoms with Crippen LogP contribution in [-0.4, -0.2) is 37.5 Å². The Morgan fingerprint density at radius 2 is 2.33 bits per heavy atom. The lowest BCUT2D eigenvalue weighted by Gasteiger charge is -2.11. The minimum atomic E-state index is 0.144. The lowest BCUT2D eigenvalue weighted by molar-refractivity contribution is 0.729. The van der Waals surface area contributed by atoms with Gasteiger partial charge >= 0.3 is 0 Å². The third kappa shape index (κ3) is 1.73. The van der Waals surface area contributed by atoms with E-state index in [2.05, 4.69) is 25.6 Å². The number of fused-ring (bicyclic) bond motifs is 1. The SMILES string of the molecule is CC(CN)Nc1ncnc2c1nnn2C. The van der Waals surface area contributed by atoms with E-state index in [9.17, 15) is 0 Å². The van der Waals surface area contributed by atoms with Crippen LogP contribution in [0.25, 0.3) is 11.2 Å². The molecule has 1 unspecified atom stereocenters. The van der Waals surface area contributed by atoms with Crippen molar-refractivity contribution in [2.24, 2.45) is 12.8 Å². The third-order valence-corrected chi connectivity index (χ3v) is 2.13. The van der Waals surface area contributed by atoms with Crippen molar-refractivity contribution in [3.05, 3.63) is 6.33 Å². The number of hydrogen-bond donors (Lipinski definition) is 2. The Hall–Kier alpha value is -1.76. The van der Waals surface area contributed by atoms with Crippen molar-refractivity contribution < 1.29 is 0 Å². The number of anilines is 1. The molecule has 3 N–H and O–H groups in total. The molecule has 0 saturated carbocycles. The Bertz CT molecular complexity index is 463. The van der Waals surface area contributed by atoms with Crippen molar-refractivity contribution in [1.29, 1.82) is 0 Å². The van der Waals surface area contributed by atoms with Crippen molar-refractivity contribution in [3.63, 3.8) is 0 Å². The van der Waals surface area contributed by atoms with Crippen molar-refractivity contribution in [3.8, 4) is 0 Å². The molecule has 0 spiro atoms. The molecule has 2 heterocycles. The zero-order chi connectivity index (χ0) is 10.8. The minimum absolute atomic E-state index is 0.144. The zero-order valence-corrected chi connectivity index (χ0v) is 8.68. The van der Waals surface area contributed by atoms with Gasteiger partial charge in [-0.15, -0.1) is 5.10 Å². The molecule has 0 radical (unpaired) electrons. The summed E-state index contributed by atoms with van der Waals surface area (Å²) in [6, 6.07) is 0.144. The van der Waals surface area contributed by atoms with E-state index in [-0.39, 0.29) is 6.04 Å². The van der Waals surface area contributed by atoms with Crippen molar-refractivity contribution in [2.45, 2.75) is 13.0 Å². The van der Waals surface area contributed by atoms with Gasteiger partial charge in [0, 0.05) is 19.6 Å². The Morgan fingerprint density at radius 1 is 1.53 bits per heavy atom. The van der Waals surface area contributed by atoms with E-state index in [1.807, 2.05) is 6.92 Å². The first-order valence-corrected chi connectivity index (χ1v) is 4.69. The third-order valence-electron chi connectivity index (χ3n) is 2.13. The van der Waals surface area contributed by atoms with Crippen LogP contribution in [-0.2, 0) is 7.05 Å². The van der Waals surface area contributed by atoms with Crippen molar-refractivity contribution in [2.75, 3.05) is 11.9 Å². The summed E-state index contributed by atoms with van der Waals surface area (Å²) >= 11 is 0. The highest BCUT2D eigenvalue weighted by Gasteiger charge is 2.10. The number of rotatable bonds is 3. The number of aryl methyl sites for hydroxylation is 1. The molecule has 0 amide bonds. The van der Waals surface area contributed by atoms with Crippen molar-refractivity contribution >= 4 is 17.0 Å². The lowest BCUT2D eigenvalue weighted by Crippen LogP contribution is -2.25. The second-order valence-corrected chi connectivity index (χ2v) is 3.39. The molecule has 7 nitrogen and oxygen atoms in total. The van der Waals surface area contributed by atoms with Crippen LogP contribution in [0.3, 0.4) is 0 Å². The molecule has 0 bridgehead atoms. The topological polar surface area (TPSA) is 94.5 Å². The Morgan fingerprint density at radius 3 is 3.07 bits per heavy atom. The molecule has 0 aliphatic heterocycles. The molecule has 15 heavy (non-hydrogen) atoms. The molecular weight excluding hydrogens is 194 g/mol. The summed E-state index contributed by atoms with van der Waals surface area (Å²) in [6.45, 7) is 2.51. The number of hydrogen-bond acceptors (Lipinski definition) is 6. The highest BCUT2D eigenvalue weighted by molar-refractivity contribution is 5.81. The molecule has 2 aromatic rings. The summed E-state index contributed by atoms with van der Waals surface area (Å²) in [6.07, 6.45) is 1.48. The standard InChI is InChI=1S/C8H13N7/c1-5(3-9)12-7-6-8(11-4-10-7)15(2)14-13-6/h4-5H,3,9H2,1-2H3,(H,10,11,12). The van der Waals surface area contributed by atoms with Gasteiger partial charge in [-0.3, -0.25) is 0 Å². The van der Waals surface area contributed by atoms with Crippen LogP contribution in [0.5, 0.6) is 0 Å². The molecule has 1 atom stereocenters. The zero-order valence-electron chi connectivity index (χ0n) is 8.68. The summed E-state index contributed by atoms with van der Waals surface area (Å²) < 4.78 is 1.61. The summed E-state index contributed by atoms with van der Waals surface area (Å²) in [5, 5.41) is 11.0. The molecular formula is C8H13N7. The molecule has 0 aliphatic carbocycles. The fourth-order valence-corrected chi connectivity index (χ4v) is 1.25. The van der Waals surface area contributed by atoms with Crippen LogP contribution in [0.2, 0.25) is 0 Å². The average Bonchev–Trinajstić information content (AvgIpc) is 2.62. The predicted octanol–water partition coefficient (Wildman–Crippen LogP) is -0.483. The van der Waals surface area contributed by atoms with Gasteiger partial charge in [0.15, 0.2) is 17.0 Å². The monoisotopic (exact) mass is 207 g/mol. The highest BCUT2D eigenvalue weighted by atomic mass is 15.4. The molecule has 0 fully saturated rings. The molecule has 0 aliphatic rings. The van der Waals surface area contributed by atoms with E-state index in [0.29, 0.717) is 23.5 Å². The van der Waals surface area contributed by atoms with Gasteiger partial charge in [0.2, 0.25) is 0 Å². The van der Waals surface area contributed by atoms with E-state index in [4.69, 9.17) is 5.73 Å². The minimum Gasteiger partial charge on any atom is -0.364 e. The summed E-state index contributed by atoms with van der Waals surface area (Å²) in [5.41, 5.74) is 6.89. The van der Waals surface area contributed by atoms with Crippen LogP contribution in [0, 0.1) is 0 Å². The molecule has 7 heteroatoms. The van der Waals surface area contributed by atoms with Gasteiger partial charge in [-0.05, 0) is 6.92 Å². The summed E-state index contributed by atoms with van der Waals surface area (Å²) in [4.78, 5) is 8.20. The summed E-state index contributed by atoms with van der Waals surface area (Å²) in [5.74, 6) is 0.672. The molecule has 80 valence electrons. The smallest absolute Gasteiger partial charge is 0.183 e. The lowest BCUT2D eigenvalue weighted by atomic mass is 10.3. The second-order valence-electron chi connectivity index (χ2n) is 3.39. The van der Waals surface area contributed by atoms with Crippen LogP contribution in [0.1, 0.15) is 6.92 Å². The highest BCUT2D eigenvalue weighted by Crippen LogP contribution is 2.15. The van der Waals surface area contributed by atoms with E-state index in [1.165, 1.54) is 6.33 Å². The van der Waals surface area contributed by atoms with Gasteiger partial charge in [-0.1, -0.05) is 5.21 Å². The van der Waals surface area contributed by atoms with Gasteiger partial charge in [0.05, 0.1) is 0 Å². The van der Waals surface area contributed by atoms with Crippen LogP contribution < -0.4 is 11.1 Å². The van der Waals surface area contributed by atoms with E-state index >= 15 is 0 Å². The maximum Gasteiger partial charge on any atom is 0.183 e. The summed E-state index contributed by atoms with van der Waals surface area (Å²) in [7, 11) is 1.79. The average molecular weight is 207 g/mol. The predicted molar refractivity (Wildman–Crippen MR) is 56.2 cm³/mol. The molecule has 0 saturated heterocycles. The first-order chi connectivity index (χ1) is 7.22. The first-order valence-electron chi connectivity index (χ1n) is 4.69. The quantitative estimate of drug-likeness (QED) is 0.705. The van der Waals surface area contributed by atoms with E-state index < -0.39 is 0 Å². The fourth-order valence-electron chi connectivity index (χ4n) is 1.25. The molecule has 0 aromatic carbocycles. The molecule has 2 rings (SSSR count). The Balaban J connectivity index is 2.43. The van der Waals surface area contributed by atoms with Crippen molar-refractivity contribution in [1.82, 2.24) is 25.0 Å². The van der Waals surface area contributed by atoms with Gasteiger partial charge < -0.3 is 11.1 Å². The fraction of sp³-hybridized carbons (Fsp3) is 0.500. The van der Waals surface area contributed by atoms with Gasteiger partial charge in [0.1, 0.15) is 6.33 Å². The van der Waals surface area contributed by atoms with Gasteiger partial charge in [0.25, 0.3) is 0 Å². The maximum absolute atomic E-state index is 5.52. The van der Waals surface area contributed by atoms with Crippen LogP contribution in [0.15, 0.2) is 6.33 Å². The number of nitrogens with zero attached hydrogens (tertiary/aromatic N) is 5.